The number of guanidine groups is 1. The van der Waals surface area contributed by atoms with Crippen molar-refractivity contribution in [1.82, 2.24) is 15.6 Å². The molecule has 0 radical (unpaired) electrons. The van der Waals surface area contributed by atoms with Crippen LogP contribution in [-0.2, 0) is 11.3 Å². The Morgan fingerprint density at radius 1 is 1.34 bits per heavy atom. The number of hydrogen-bond acceptors (Lipinski definition) is 5. The zero-order chi connectivity index (χ0) is 19.7. The molecule has 0 spiro atoms. The molecule has 1 saturated carbocycles. The van der Waals surface area contributed by atoms with E-state index in [-0.39, 0.29) is 36.0 Å². The highest BCUT2D eigenvalue weighted by atomic mass is 127. The minimum absolute atomic E-state index is 0. The second kappa shape index (κ2) is 12.5. The molecule has 2 aliphatic rings. The lowest BCUT2D eigenvalue weighted by atomic mass is 9.84. The van der Waals surface area contributed by atoms with E-state index < -0.39 is 0 Å². The van der Waals surface area contributed by atoms with Crippen LogP contribution in [0, 0.1) is 5.41 Å². The van der Waals surface area contributed by atoms with Gasteiger partial charge >= 0.3 is 0 Å². The lowest BCUT2D eigenvalue weighted by Crippen LogP contribution is -2.44. The molecule has 1 aliphatic carbocycles. The molecule has 7 nitrogen and oxygen atoms in total. The molecule has 1 aromatic heterocycles. The Labute approximate surface area is 191 Å². The number of aliphatic imine (C=N–C) groups is 1. The van der Waals surface area contributed by atoms with Crippen molar-refractivity contribution in [2.45, 2.75) is 57.6 Å². The van der Waals surface area contributed by atoms with Crippen LogP contribution in [0.15, 0.2) is 23.3 Å². The van der Waals surface area contributed by atoms with Crippen LogP contribution in [0.4, 0.5) is 0 Å². The van der Waals surface area contributed by atoms with Crippen molar-refractivity contribution < 1.29 is 14.6 Å². The Kier molecular flexibility index (Phi) is 10.4. The summed E-state index contributed by atoms with van der Waals surface area (Å²) < 4.78 is 11.6. The maximum absolute atomic E-state index is 9.36. The number of pyridine rings is 1. The fourth-order valence-electron chi connectivity index (χ4n) is 3.97. The van der Waals surface area contributed by atoms with Crippen LogP contribution in [0.2, 0.25) is 0 Å². The van der Waals surface area contributed by atoms with E-state index in [2.05, 4.69) is 20.6 Å². The van der Waals surface area contributed by atoms with Gasteiger partial charge in [-0.1, -0.05) is 6.42 Å². The molecule has 29 heavy (non-hydrogen) atoms. The van der Waals surface area contributed by atoms with Crippen LogP contribution in [0.25, 0.3) is 0 Å². The third-order valence-electron chi connectivity index (χ3n) is 5.78. The molecule has 1 aliphatic heterocycles. The van der Waals surface area contributed by atoms with E-state index in [0.717, 1.165) is 50.4 Å². The number of aliphatic hydroxyl groups excluding tert-OH is 1. The first-order chi connectivity index (χ1) is 13.7. The summed E-state index contributed by atoms with van der Waals surface area (Å²) in [5.41, 5.74) is 1.10. The first-order valence-electron chi connectivity index (χ1n) is 10.5. The number of aliphatic hydroxyl groups is 1. The summed E-state index contributed by atoms with van der Waals surface area (Å²) in [6.07, 6.45) is 9.86. The monoisotopic (exact) mass is 518 g/mol. The molecule has 0 aromatic carbocycles. The number of ether oxygens (including phenoxy) is 2. The molecule has 2 heterocycles. The smallest absolute Gasteiger partial charge is 0.213 e. The van der Waals surface area contributed by atoms with E-state index in [9.17, 15) is 5.11 Å². The highest BCUT2D eigenvalue weighted by Crippen LogP contribution is 2.31. The van der Waals surface area contributed by atoms with Crippen molar-refractivity contribution in [1.29, 1.82) is 0 Å². The summed E-state index contributed by atoms with van der Waals surface area (Å²) in [7, 11) is 1.77. The molecule has 3 N–H and O–H groups in total. The Hall–Kier alpha value is -1.13. The summed E-state index contributed by atoms with van der Waals surface area (Å²) in [5.74, 6) is 1.45. The maximum atomic E-state index is 9.36. The fourth-order valence-corrected chi connectivity index (χ4v) is 3.97. The van der Waals surface area contributed by atoms with Gasteiger partial charge in [-0.05, 0) is 50.2 Å². The number of aromatic nitrogens is 1. The van der Waals surface area contributed by atoms with Gasteiger partial charge in [0.15, 0.2) is 5.96 Å². The highest BCUT2D eigenvalue weighted by molar-refractivity contribution is 14.0. The van der Waals surface area contributed by atoms with Crippen LogP contribution in [0.3, 0.4) is 0 Å². The van der Waals surface area contributed by atoms with Gasteiger partial charge in [-0.2, -0.15) is 0 Å². The van der Waals surface area contributed by atoms with Gasteiger partial charge in [-0.15, -0.1) is 24.0 Å². The zero-order valence-corrected chi connectivity index (χ0v) is 19.7. The fraction of sp³-hybridized carbons (Fsp3) is 0.714. The van der Waals surface area contributed by atoms with Crippen molar-refractivity contribution in [3.63, 3.8) is 0 Å². The van der Waals surface area contributed by atoms with Crippen molar-refractivity contribution in [2.24, 2.45) is 10.4 Å². The van der Waals surface area contributed by atoms with E-state index in [1.807, 2.05) is 12.1 Å². The molecular formula is C21H35IN4O3. The van der Waals surface area contributed by atoms with Gasteiger partial charge in [0.2, 0.25) is 5.88 Å². The summed E-state index contributed by atoms with van der Waals surface area (Å²) in [5, 5.41) is 16.1. The Morgan fingerprint density at radius 2 is 2.17 bits per heavy atom. The second-order valence-corrected chi connectivity index (χ2v) is 7.94. The molecule has 1 atom stereocenters. The molecule has 164 valence electrons. The molecule has 1 saturated heterocycles. The summed E-state index contributed by atoms with van der Waals surface area (Å²) in [6, 6.07) is 4.00. The highest BCUT2D eigenvalue weighted by Gasteiger charge is 2.34. The van der Waals surface area contributed by atoms with Gasteiger partial charge < -0.3 is 25.2 Å². The number of hydrogen-bond donors (Lipinski definition) is 3. The molecule has 0 amide bonds. The summed E-state index contributed by atoms with van der Waals surface area (Å²) in [6.45, 7) is 3.00. The molecule has 8 heteroatoms. The number of rotatable bonds is 8. The van der Waals surface area contributed by atoms with E-state index in [1.165, 1.54) is 19.3 Å². The van der Waals surface area contributed by atoms with Gasteiger partial charge in [-0.3, -0.25) is 4.99 Å². The normalized spacial score (nSPS) is 22.8. The number of halogens is 1. The van der Waals surface area contributed by atoms with Crippen LogP contribution >= 0.6 is 24.0 Å². The van der Waals surface area contributed by atoms with Crippen molar-refractivity contribution >= 4 is 29.9 Å². The molecular weight excluding hydrogens is 483 g/mol. The second-order valence-electron chi connectivity index (χ2n) is 7.94. The average molecular weight is 518 g/mol. The standard InChI is InChI=1S/C21H34N4O3.HI/c1-22-20(25-15-21(8-11-26)9-12-27-16-21)24-14-17-7-10-23-19(13-17)28-18-5-3-2-4-6-18;/h7,10,13,18,26H,2-6,8-9,11-12,14-16H2,1H3,(H2,22,24,25);1H. The minimum Gasteiger partial charge on any atom is -0.474 e. The third-order valence-corrected chi connectivity index (χ3v) is 5.78. The topological polar surface area (TPSA) is 88.0 Å². The van der Waals surface area contributed by atoms with Gasteiger partial charge in [0.1, 0.15) is 6.10 Å². The number of nitrogens with zero attached hydrogens (tertiary/aromatic N) is 2. The lowest BCUT2D eigenvalue weighted by Gasteiger charge is -2.27. The Morgan fingerprint density at radius 3 is 2.86 bits per heavy atom. The Balaban J connectivity index is 0.00000300. The quantitative estimate of drug-likeness (QED) is 0.279. The van der Waals surface area contributed by atoms with Crippen molar-refractivity contribution in [3.05, 3.63) is 23.9 Å². The average Bonchev–Trinajstić information content (AvgIpc) is 3.18. The van der Waals surface area contributed by atoms with E-state index >= 15 is 0 Å². The molecule has 3 rings (SSSR count). The SMILES string of the molecule is CN=C(NCc1ccnc(OC2CCCCC2)c1)NCC1(CCO)CCOC1.I. The van der Waals surface area contributed by atoms with Crippen molar-refractivity contribution in [3.8, 4) is 5.88 Å². The molecule has 0 bridgehead atoms. The predicted molar refractivity (Wildman–Crippen MR) is 125 cm³/mol. The third kappa shape index (κ3) is 7.57. The van der Waals surface area contributed by atoms with Crippen LogP contribution < -0.4 is 15.4 Å². The largest absolute Gasteiger partial charge is 0.474 e. The molecule has 1 unspecified atom stereocenters. The zero-order valence-electron chi connectivity index (χ0n) is 17.4. The van der Waals surface area contributed by atoms with E-state index in [0.29, 0.717) is 25.1 Å². The lowest BCUT2D eigenvalue weighted by molar-refractivity contribution is 0.127. The predicted octanol–water partition coefficient (Wildman–Crippen LogP) is 2.87. The molecule has 2 fully saturated rings. The first kappa shape index (κ1) is 24.1. The van der Waals surface area contributed by atoms with E-state index in [4.69, 9.17) is 9.47 Å². The van der Waals surface area contributed by atoms with E-state index in [1.54, 1.807) is 13.2 Å². The molecule has 1 aromatic rings. The maximum Gasteiger partial charge on any atom is 0.213 e. The minimum atomic E-state index is -0.00988. The van der Waals surface area contributed by atoms with Crippen LogP contribution in [0.1, 0.15) is 50.5 Å². The Bertz CT molecular complexity index is 632. The van der Waals surface area contributed by atoms with Gasteiger partial charge in [0.05, 0.1) is 6.61 Å². The number of nitrogens with one attached hydrogen (secondary N) is 2. The van der Waals surface area contributed by atoms with Crippen LogP contribution in [-0.4, -0.2) is 55.6 Å². The van der Waals surface area contributed by atoms with Gasteiger partial charge in [0.25, 0.3) is 0 Å². The van der Waals surface area contributed by atoms with Gasteiger partial charge in [0, 0.05) is 51.0 Å². The van der Waals surface area contributed by atoms with Gasteiger partial charge in [-0.25, -0.2) is 4.98 Å². The summed E-state index contributed by atoms with van der Waals surface area (Å²) in [4.78, 5) is 8.68. The summed E-state index contributed by atoms with van der Waals surface area (Å²) >= 11 is 0. The van der Waals surface area contributed by atoms with Crippen molar-refractivity contribution in [2.75, 3.05) is 33.4 Å². The first-order valence-corrected chi connectivity index (χ1v) is 10.5. The van der Waals surface area contributed by atoms with Crippen LogP contribution in [0.5, 0.6) is 5.88 Å².